The van der Waals surface area contributed by atoms with E-state index >= 15 is 0 Å². The van der Waals surface area contributed by atoms with E-state index in [4.69, 9.17) is 4.74 Å². The highest BCUT2D eigenvalue weighted by atomic mass is 16.5. The second-order valence-electron chi connectivity index (χ2n) is 4.59. The van der Waals surface area contributed by atoms with E-state index in [0.717, 1.165) is 12.8 Å². The van der Waals surface area contributed by atoms with Crippen LogP contribution in [0.5, 0.6) is 0 Å². The van der Waals surface area contributed by atoms with Gasteiger partial charge in [0.2, 0.25) is 5.91 Å². The van der Waals surface area contributed by atoms with Crippen molar-refractivity contribution in [3.05, 3.63) is 0 Å². The van der Waals surface area contributed by atoms with Crippen LogP contribution in [-0.4, -0.2) is 48.2 Å². The normalized spacial score (nSPS) is 24.7. The highest BCUT2D eigenvalue weighted by Crippen LogP contribution is 2.24. The summed E-state index contributed by atoms with van der Waals surface area (Å²) in [6.07, 6.45) is 2.77. The van der Waals surface area contributed by atoms with Gasteiger partial charge in [-0.1, -0.05) is 6.92 Å². The molecule has 0 saturated carbocycles. The Morgan fingerprint density at radius 3 is 2.76 bits per heavy atom. The molecule has 1 N–H and O–H groups in total. The van der Waals surface area contributed by atoms with E-state index in [0.29, 0.717) is 26.0 Å². The van der Waals surface area contributed by atoms with Crippen LogP contribution in [0.1, 0.15) is 32.6 Å². The van der Waals surface area contributed by atoms with E-state index in [1.807, 2.05) is 6.92 Å². The van der Waals surface area contributed by atoms with Gasteiger partial charge in [-0.3, -0.25) is 4.79 Å². The molecule has 1 aliphatic heterocycles. The highest BCUT2D eigenvalue weighted by molar-refractivity contribution is 5.84. The molecule has 5 nitrogen and oxygen atoms in total. The zero-order valence-corrected chi connectivity index (χ0v) is 10.5. The number of likely N-dealkylation sites (tertiary alicyclic amines) is 1. The second kappa shape index (κ2) is 6.59. The molecule has 1 amide bonds. The number of amides is 1. The van der Waals surface area contributed by atoms with E-state index in [9.17, 15) is 14.7 Å². The molecule has 0 aromatic rings. The van der Waals surface area contributed by atoms with Gasteiger partial charge >= 0.3 is 5.97 Å². The van der Waals surface area contributed by atoms with Gasteiger partial charge in [-0.05, 0) is 25.2 Å². The molecule has 1 heterocycles. The number of methoxy groups -OCH3 is 1. The van der Waals surface area contributed by atoms with Crippen LogP contribution in [0.4, 0.5) is 0 Å². The van der Waals surface area contributed by atoms with Crippen molar-refractivity contribution >= 4 is 11.9 Å². The Hall–Kier alpha value is -1.10. The maximum Gasteiger partial charge on any atom is 0.326 e. The summed E-state index contributed by atoms with van der Waals surface area (Å²) in [6.45, 7) is 2.99. The van der Waals surface area contributed by atoms with Gasteiger partial charge in [-0.2, -0.15) is 0 Å². The Kier molecular flexibility index (Phi) is 5.41. The molecule has 0 spiro atoms. The van der Waals surface area contributed by atoms with Gasteiger partial charge in [-0.25, -0.2) is 4.79 Å². The van der Waals surface area contributed by atoms with Crippen molar-refractivity contribution < 1.29 is 19.4 Å². The minimum Gasteiger partial charge on any atom is -0.480 e. The van der Waals surface area contributed by atoms with Crippen LogP contribution >= 0.6 is 0 Å². The minimum atomic E-state index is -0.891. The first-order valence-electron chi connectivity index (χ1n) is 6.09. The molecule has 0 bridgehead atoms. The van der Waals surface area contributed by atoms with Crippen molar-refractivity contribution in [1.82, 2.24) is 4.90 Å². The molecule has 0 aromatic heterocycles. The van der Waals surface area contributed by atoms with Gasteiger partial charge in [-0.15, -0.1) is 0 Å². The number of nitrogens with zero attached hydrogens (tertiary/aromatic N) is 1. The van der Waals surface area contributed by atoms with Crippen molar-refractivity contribution in [2.24, 2.45) is 5.92 Å². The zero-order valence-electron chi connectivity index (χ0n) is 10.5. The van der Waals surface area contributed by atoms with Crippen LogP contribution < -0.4 is 0 Å². The topological polar surface area (TPSA) is 66.8 Å². The minimum absolute atomic E-state index is 0.0348. The average molecular weight is 243 g/mol. The van der Waals surface area contributed by atoms with Gasteiger partial charge in [0.15, 0.2) is 0 Å². The molecule has 1 fully saturated rings. The van der Waals surface area contributed by atoms with Crippen LogP contribution in [-0.2, 0) is 14.3 Å². The zero-order chi connectivity index (χ0) is 12.8. The monoisotopic (exact) mass is 243 g/mol. The second-order valence-corrected chi connectivity index (χ2v) is 4.59. The Morgan fingerprint density at radius 2 is 2.18 bits per heavy atom. The van der Waals surface area contributed by atoms with Gasteiger partial charge in [0, 0.05) is 26.7 Å². The summed E-state index contributed by atoms with van der Waals surface area (Å²) in [6, 6.07) is -0.654. The Bertz CT molecular complexity index is 280. The van der Waals surface area contributed by atoms with Gasteiger partial charge < -0.3 is 14.7 Å². The summed E-state index contributed by atoms with van der Waals surface area (Å²) in [7, 11) is 1.59. The largest absolute Gasteiger partial charge is 0.480 e. The lowest BCUT2D eigenvalue weighted by atomic mass is 9.90. The maximum absolute atomic E-state index is 11.9. The predicted molar refractivity (Wildman–Crippen MR) is 62.6 cm³/mol. The first-order chi connectivity index (χ1) is 8.07. The number of carboxylic acid groups (broad SMARTS) is 1. The summed E-state index contributed by atoms with van der Waals surface area (Å²) in [5.74, 6) is -0.925. The number of rotatable bonds is 5. The third-order valence-electron chi connectivity index (χ3n) is 3.25. The molecule has 2 unspecified atom stereocenters. The SMILES string of the molecule is COCCCC(=O)N1CCCC(C)C1C(=O)O. The first-order valence-corrected chi connectivity index (χ1v) is 6.09. The standard InChI is InChI=1S/C12H21NO4/c1-9-5-3-7-13(11(9)12(15)16)10(14)6-4-8-17-2/h9,11H,3-8H2,1-2H3,(H,15,16). The van der Waals surface area contributed by atoms with Crippen molar-refractivity contribution in [3.8, 4) is 0 Å². The molecular formula is C12H21NO4. The third-order valence-corrected chi connectivity index (χ3v) is 3.25. The fraction of sp³-hybridized carbons (Fsp3) is 0.833. The molecule has 0 aromatic carbocycles. The number of carbonyl (C=O) groups excluding carboxylic acids is 1. The Labute approximate surface area is 102 Å². The number of hydrogen-bond donors (Lipinski definition) is 1. The molecular weight excluding hydrogens is 222 g/mol. The number of aliphatic carboxylic acids is 1. The van der Waals surface area contributed by atoms with Crippen LogP contribution in [0.2, 0.25) is 0 Å². The number of carboxylic acids is 1. The first kappa shape index (κ1) is 14.0. The van der Waals surface area contributed by atoms with Crippen LogP contribution in [0.3, 0.4) is 0 Å². The van der Waals surface area contributed by atoms with E-state index in [1.165, 1.54) is 4.90 Å². The number of ether oxygens (including phenoxy) is 1. The molecule has 1 saturated heterocycles. The molecule has 0 radical (unpaired) electrons. The summed E-state index contributed by atoms with van der Waals surface area (Å²) < 4.78 is 4.89. The van der Waals surface area contributed by atoms with Crippen LogP contribution in [0, 0.1) is 5.92 Å². The summed E-state index contributed by atoms with van der Waals surface area (Å²) >= 11 is 0. The Morgan fingerprint density at radius 1 is 1.47 bits per heavy atom. The lowest BCUT2D eigenvalue weighted by molar-refractivity contribution is -0.154. The Balaban J connectivity index is 2.59. The van der Waals surface area contributed by atoms with E-state index in [-0.39, 0.29) is 11.8 Å². The molecule has 17 heavy (non-hydrogen) atoms. The van der Waals surface area contributed by atoms with Crippen LogP contribution in [0.25, 0.3) is 0 Å². The number of piperidine rings is 1. The number of carbonyl (C=O) groups is 2. The smallest absolute Gasteiger partial charge is 0.326 e. The molecule has 1 rings (SSSR count). The third kappa shape index (κ3) is 3.70. The van der Waals surface area contributed by atoms with Gasteiger partial charge in [0.05, 0.1) is 0 Å². The van der Waals surface area contributed by atoms with E-state index in [1.54, 1.807) is 7.11 Å². The highest BCUT2D eigenvalue weighted by Gasteiger charge is 2.36. The molecule has 1 aliphatic rings. The fourth-order valence-electron chi connectivity index (χ4n) is 2.36. The van der Waals surface area contributed by atoms with E-state index < -0.39 is 12.0 Å². The van der Waals surface area contributed by atoms with E-state index in [2.05, 4.69) is 0 Å². The van der Waals surface area contributed by atoms with Gasteiger partial charge in [0.25, 0.3) is 0 Å². The average Bonchev–Trinajstić information content (AvgIpc) is 2.28. The number of hydrogen-bond acceptors (Lipinski definition) is 3. The van der Waals surface area contributed by atoms with Gasteiger partial charge in [0.1, 0.15) is 6.04 Å². The molecule has 98 valence electrons. The van der Waals surface area contributed by atoms with Crippen molar-refractivity contribution in [2.75, 3.05) is 20.3 Å². The summed E-state index contributed by atoms with van der Waals surface area (Å²) in [5.41, 5.74) is 0. The molecule has 0 aliphatic carbocycles. The van der Waals surface area contributed by atoms with Crippen molar-refractivity contribution in [1.29, 1.82) is 0 Å². The predicted octanol–water partition coefficient (Wildman–Crippen LogP) is 1.12. The lowest BCUT2D eigenvalue weighted by Crippen LogP contribution is -2.51. The van der Waals surface area contributed by atoms with Crippen molar-refractivity contribution in [2.45, 2.75) is 38.6 Å². The molecule has 5 heteroatoms. The quantitative estimate of drug-likeness (QED) is 0.735. The summed E-state index contributed by atoms with van der Waals surface area (Å²) in [5, 5.41) is 9.18. The fourth-order valence-corrected chi connectivity index (χ4v) is 2.36. The molecule has 2 atom stereocenters. The lowest BCUT2D eigenvalue weighted by Gasteiger charge is -2.37. The van der Waals surface area contributed by atoms with Crippen molar-refractivity contribution in [3.63, 3.8) is 0 Å². The maximum atomic E-state index is 11.9. The summed E-state index contributed by atoms with van der Waals surface area (Å²) in [4.78, 5) is 24.7. The van der Waals surface area contributed by atoms with Crippen LogP contribution in [0.15, 0.2) is 0 Å².